The number of aryl methyl sites for hydroxylation is 1. The number of ketones is 4. The minimum absolute atomic E-state index is 0. The third-order valence-electron chi connectivity index (χ3n) is 18.5. The summed E-state index contributed by atoms with van der Waals surface area (Å²) in [6.45, 7) is 26.1. The molecule has 9 aromatic rings. The first-order valence-electron chi connectivity index (χ1n) is 40.0. The minimum Gasteiger partial charge on any atom is -1.00 e. The first kappa shape index (κ1) is 124. The molecule has 0 bridgehead atoms. The largest absolute Gasteiger partial charge is 1.00 e. The van der Waals surface area contributed by atoms with Crippen molar-refractivity contribution in [2.45, 2.75) is 119 Å². The number of carboxylic acids is 6. The van der Waals surface area contributed by atoms with Crippen LogP contribution in [0.2, 0.25) is 0 Å². The van der Waals surface area contributed by atoms with Gasteiger partial charge >= 0.3 is 35.8 Å². The molecule has 4 saturated heterocycles. The van der Waals surface area contributed by atoms with E-state index in [-0.39, 0.29) is 179 Å². The number of aromatic carboxylic acids is 6. The van der Waals surface area contributed by atoms with Crippen molar-refractivity contribution in [1.29, 1.82) is 0 Å². The summed E-state index contributed by atoms with van der Waals surface area (Å²) in [5.41, 5.74) is 3.76. The Balaban J connectivity index is -0.00000138. The molecule has 0 unspecified atom stereocenters. The van der Waals surface area contributed by atoms with Crippen LogP contribution in [0.4, 0.5) is 0 Å². The van der Waals surface area contributed by atoms with Crippen LogP contribution in [0.3, 0.4) is 0 Å². The summed E-state index contributed by atoms with van der Waals surface area (Å²) in [7, 11) is 12.4. The molecular formula is C91H120Br7N11O18S. The van der Waals surface area contributed by atoms with Crippen molar-refractivity contribution < 1.29 is 217 Å². The van der Waals surface area contributed by atoms with Crippen molar-refractivity contribution in [3.05, 3.63) is 221 Å². The first-order valence-corrected chi connectivity index (χ1v) is 41.2. The standard InChI is InChI=1S/C16H15NO4.2C13H11NO3.C9H8BrNO3.C9H9NO2S.C9H11NO2.C6H14N2.C6H13N.C5H11NO.C5H11N.6BrH/c1-11(18)8-17-9-13(7-14(10-17)16(19)20)12-3-5-15(21-2)6-4-12;1-9(15)7-14-8-11(13(16)17)6-10-4-2-3-5-12(10)14;1-9(15)6-14-7-10-4-2-3-5-11(10)12(8-14)13(16)17;1-6(12)3-11-4-7(9(13)14)2-8(10)5-11;1-7(13)5-10-4-2-3-8(6-10)9(11)12;1-2-5-10-6-3-4-8(7-10)9(11)12;1-7-3-5-8(2)6-4-7;1-7-5-3-2-4-6-7;1-6-2-4-7-5-3-6;1-6-4-2-3-5-6;;;;;;/h3-7,9-10H,8H2,1-2H3;2-6,8H,7H2,1H3;2-5,7-8H,6H2,1H3;2,4-5H,3H2,1H3;2-4,6H,5H2,1H3;3-4,6-7H,2,5H2,1H3;3-6H2,1-2H3;2-6H2,1H3;2-5H2,1H3;2-5H2,1H3;6*1H. The SMILES string of the molecule is CC(=O)C[n+]1cc(Br)cc(C(=O)O)c1.CC(=O)C[n+]1cc(C(=O)O)c2ccccc2c1.CC(=O)C[n+]1cc(C(=O)O)cc2ccccc21.CC(=S)C[n+]1cccc(C(=O)O)c1.CCC[n+]1cccc(C(=O)O)c1.CN1CCCC1.CN1CCCCC1.CN1CCN(C)CC1.CN1CCOCC1.COc1ccc(-c2cc(C(=O)O)c[n+](CC(C)=O)c2)cc1.[Br-].[Br-].[Br-].[Br-].[Br-].[Br-]. The van der Waals surface area contributed by atoms with Crippen molar-refractivity contribution in [2.75, 3.05) is 121 Å². The first-order chi connectivity index (χ1) is 57.9. The van der Waals surface area contributed by atoms with Gasteiger partial charge in [-0.05, 0) is 170 Å². The number of methoxy groups -OCH3 is 1. The molecule has 4 aliphatic rings. The lowest BCUT2D eigenvalue weighted by atomic mass is 10.1. The quantitative estimate of drug-likeness (QED) is 0.0305. The molecule has 0 amide bonds. The van der Waals surface area contributed by atoms with E-state index in [4.69, 9.17) is 47.2 Å². The Hall–Kier alpha value is -8.41. The number of rotatable bonds is 20. The summed E-state index contributed by atoms with van der Waals surface area (Å²) in [5, 5.41) is 55.7. The number of morpholine rings is 1. The van der Waals surface area contributed by atoms with Crippen LogP contribution in [0.5, 0.6) is 5.75 Å². The number of halogens is 7. The molecular weight excluding hydrogens is 2130 g/mol. The van der Waals surface area contributed by atoms with E-state index >= 15 is 0 Å². The molecule has 0 spiro atoms. The van der Waals surface area contributed by atoms with Crippen LogP contribution >= 0.6 is 28.1 Å². The molecule has 3 aromatic carbocycles. The number of para-hydroxylation sites is 1. The Bertz CT molecular complexity index is 4930. The smallest absolute Gasteiger partial charge is 0.342 e. The molecule has 0 atom stereocenters. The zero-order valence-corrected chi connectivity index (χ0v) is 86.3. The molecule has 702 valence electrons. The van der Waals surface area contributed by atoms with Crippen molar-refractivity contribution in [3.63, 3.8) is 0 Å². The maximum absolute atomic E-state index is 11.2. The lowest BCUT2D eigenvalue weighted by Crippen LogP contribution is -3.00. The fourth-order valence-corrected chi connectivity index (χ4v) is 12.9. The molecule has 128 heavy (non-hydrogen) atoms. The maximum Gasteiger partial charge on any atom is 0.342 e. The summed E-state index contributed by atoms with van der Waals surface area (Å²) in [6, 6.07) is 33.2. The predicted molar refractivity (Wildman–Crippen MR) is 469 cm³/mol. The fourth-order valence-electron chi connectivity index (χ4n) is 12.3. The van der Waals surface area contributed by atoms with Crippen molar-refractivity contribution in [1.82, 2.24) is 24.5 Å². The third-order valence-corrected chi connectivity index (χ3v) is 19.0. The number of fused-ring (bicyclic) bond motifs is 2. The summed E-state index contributed by atoms with van der Waals surface area (Å²) in [5.74, 6) is -5.17. The van der Waals surface area contributed by atoms with Crippen LogP contribution in [0.15, 0.2) is 188 Å². The number of carbonyl (C=O) groups is 10. The average molecular weight is 2250 g/mol. The van der Waals surface area contributed by atoms with E-state index in [2.05, 4.69) is 82.6 Å². The number of thiocarbonyl (C=S) groups is 1. The Labute approximate surface area is 827 Å². The van der Waals surface area contributed by atoms with E-state index in [0.717, 1.165) is 77.3 Å². The van der Waals surface area contributed by atoms with Crippen LogP contribution in [0, 0.1) is 0 Å². The van der Waals surface area contributed by atoms with E-state index in [1.54, 1.807) is 123 Å². The van der Waals surface area contributed by atoms with Crippen LogP contribution in [0.25, 0.3) is 32.8 Å². The number of likely N-dealkylation sites (N-methyl/N-ethyl adjacent to an activating group) is 3. The van der Waals surface area contributed by atoms with Crippen LogP contribution < -0.4 is 134 Å². The van der Waals surface area contributed by atoms with Gasteiger partial charge in [0.05, 0.1) is 29.7 Å². The molecule has 4 fully saturated rings. The highest BCUT2D eigenvalue weighted by Gasteiger charge is 2.21. The Morgan fingerprint density at radius 3 is 1.20 bits per heavy atom. The number of hydrogen-bond donors (Lipinski definition) is 6. The molecule has 0 saturated carbocycles. The number of carbonyl (C=O) groups excluding carboxylic acids is 4. The number of nitrogens with zero attached hydrogens (tertiary/aromatic N) is 11. The monoisotopic (exact) mass is 2240 g/mol. The van der Waals surface area contributed by atoms with E-state index in [9.17, 15) is 53.1 Å². The highest BCUT2D eigenvalue weighted by atomic mass is 79.9. The number of piperazine rings is 1. The predicted octanol–water partition coefficient (Wildman–Crippen LogP) is -8.42. The average Bonchev–Trinajstić information content (AvgIpc) is 0.860. The highest BCUT2D eigenvalue weighted by molar-refractivity contribution is 9.10. The number of likely N-dealkylation sites (tertiary alicyclic amines) is 2. The van der Waals surface area contributed by atoms with Crippen LogP contribution in [0.1, 0.15) is 142 Å². The highest BCUT2D eigenvalue weighted by Crippen LogP contribution is 2.23. The number of ether oxygens (including phenoxy) is 2. The molecule has 4 aliphatic heterocycles. The molecule has 37 heteroatoms. The molecule has 10 heterocycles. The number of aromatic nitrogens is 6. The Morgan fingerprint density at radius 2 is 0.789 bits per heavy atom. The van der Waals surface area contributed by atoms with Crippen LogP contribution in [-0.4, -0.2) is 240 Å². The summed E-state index contributed by atoms with van der Waals surface area (Å²) in [4.78, 5) is 122. The second-order valence-corrected chi connectivity index (χ2v) is 31.4. The zero-order chi connectivity index (χ0) is 90.4. The molecule has 13 rings (SSSR count). The van der Waals surface area contributed by atoms with Gasteiger partial charge in [-0.2, -0.15) is 22.8 Å². The summed E-state index contributed by atoms with van der Waals surface area (Å²) < 4.78 is 20.9. The zero-order valence-electron chi connectivity index (χ0n) is 74.3. The van der Waals surface area contributed by atoms with Gasteiger partial charge in [0.2, 0.25) is 31.7 Å². The van der Waals surface area contributed by atoms with E-state index in [1.165, 1.54) is 148 Å². The van der Waals surface area contributed by atoms with Gasteiger partial charge < -0.3 is 167 Å². The molecule has 0 radical (unpaired) electrons. The van der Waals surface area contributed by atoms with E-state index in [0.29, 0.717) is 22.0 Å². The number of benzene rings is 3. The maximum atomic E-state index is 11.2. The summed E-state index contributed by atoms with van der Waals surface area (Å²) in [6.07, 6.45) is 26.1. The topological polar surface area (TPSA) is 350 Å². The normalized spacial score (nSPS) is 13.0. The minimum atomic E-state index is -1.03. The van der Waals surface area contributed by atoms with Gasteiger partial charge in [0.25, 0.3) is 0 Å². The van der Waals surface area contributed by atoms with Crippen molar-refractivity contribution in [3.8, 4) is 16.9 Å². The van der Waals surface area contributed by atoms with Crippen molar-refractivity contribution in [2.24, 2.45) is 0 Å². The number of Topliss-reactive ketones (excluding diaryl/α,β-unsaturated/α-hetero) is 4. The molecule has 6 aromatic heterocycles. The van der Waals surface area contributed by atoms with Crippen LogP contribution in [-0.2, 0) is 63.2 Å². The molecule has 6 N–H and O–H groups in total. The second kappa shape index (κ2) is 67.7. The van der Waals surface area contributed by atoms with Gasteiger partial charge in [-0.1, -0.05) is 68.0 Å². The van der Waals surface area contributed by atoms with Gasteiger partial charge in [0.15, 0.2) is 97.8 Å². The summed E-state index contributed by atoms with van der Waals surface area (Å²) >= 11 is 8.09. The fraction of sp³-hybridized carbons (Fsp3) is 0.396. The van der Waals surface area contributed by atoms with Gasteiger partial charge in [-0.25, -0.2) is 33.3 Å². The Kier molecular flexibility index (Phi) is 65.5. The number of hydrogen-bond acceptors (Lipinski definition) is 18. The van der Waals surface area contributed by atoms with Gasteiger partial charge in [0.1, 0.15) is 45.7 Å². The Morgan fingerprint density at radius 1 is 0.391 bits per heavy atom. The lowest BCUT2D eigenvalue weighted by molar-refractivity contribution is -0.697. The van der Waals surface area contributed by atoms with Crippen molar-refractivity contribution >= 4 is 114 Å². The lowest BCUT2D eigenvalue weighted by Gasteiger charge is -2.28. The number of piperidine rings is 1. The van der Waals surface area contributed by atoms with E-state index in [1.807, 2.05) is 66.2 Å². The van der Waals surface area contributed by atoms with E-state index < -0.39 is 35.8 Å². The number of carboxylic acid groups (broad SMARTS) is 6. The molecule has 29 nitrogen and oxygen atoms in total. The third kappa shape index (κ3) is 50.7. The van der Waals surface area contributed by atoms with Gasteiger partial charge in [-0.3, -0.25) is 19.2 Å². The van der Waals surface area contributed by atoms with Gasteiger partial charge in [0, 0.05) is 113 Å². The molecule has 0 aliphatic carbocycles. The second-order valence-electron chi connectivity index (χ2n) is 29.8. The van der Waals surface area contributed by atoms with Gasteiger partial charge in [-0.15, -0.1) is 0 Å². The number of pyridine rings is 6.